The molecule has 162 valence electrons. The van der Waals surface area contributed by atoms with Gasteiger partial charge in [0.1, 0.15) is 11.8 Å². The molecule has 3 rings (SSSR count). The quantitative estimate of drug-likeness (QED) is 0.636. The Labute approximate surface area is 185 Å². The number of thioether (sulfide) groups is 1. The molecule has 7 nitrogen and oxygen atoms in total. The summed E-state index contributed by atoms with van der Waals surface area (Å²) in [7, 11) is 1.59. The summed E-state index contributed by atoms with van der Waals surface area (Å²) in [5.74, 6) is 0.335. The molecule has 8 heteroatoms. The van der Waals surface area contributed by atoms with Gasteiger partial charge in [0, 0.05) is 11.4 Å². The van der Waals surface area contributed by atoms with Gasteiger partial charge in [-0.05, 0) is 43.7 Å². The lowest BCUT2D eigenvalue weighted by molar-refractivity contribution is -0.139. The first-order valence-corrected chi connectivity index (χ1v) is 10.8. The van der Waals surface area contributed by atoms with Gasteiger partial charge in [0.2, 0.25) is 5.91 Å². The third kappa shape index (κ3) is 5.88. The SMILES string of the molecule is CCOC(=O)C1=C(C)NC(SCC(=O)Nc2ccc(OC)cc2)=NC1c1ccccc1. The van der Waals surface area contributed by atoms with Gasteiger partial charge < -0.3 is 20.1 Å². The lowest BCUT2D eigenvalue weighted by atomic mass is 9.97. The van der Waals surface area contributed by atoms with Crippen molar-refractivity contribution < 1.29 is 19.1 Å². The standard InChI is InChI=1S/C23H25N3O4S/c1-4-30-22(28)20-15(2)24-23(26-21(20)16-8-6-5-7-9-16)31-14-19(27)25-17-10-12-18(29-3)13-11-17/h5-13,21H,4,14H2,1-3H3,(H,24,26)(H,25,27). The largest absolute Gasteiger partial charge is 0.497 e. The topological polar surface area (TPSA) is 89.0 Å². The molecule has 2 aromatic rings. The maximum Gasteiger partial charge on any atom is 0.338 e. The van der Waals surface area contributed by atoms with E-state index in [1.54, 1.807) is 38.3 Å². The number of aliphatic imine (C=N–C) groups is 1. The second-order valence-electron chi connectivity index (χ2n) is 6.70. The highest BCUT2D eigenvalue weighted by molar-refractivity contribution is 8.14. The van der Waals surface area contributed by atoms with Crippen LogP contribution in [0.15, 0.2) is 70.9 Å². The molecule has 0 aliphatic carbocycles. The zero-order chi connectivity index (χ0) is 22.2. The summed E-state index contributed by atoms with van der Waals surface area (Å²) in [6.45, 7) is 3.87. The highest BCUT2D eigenvalue weighted by Crippen LogP contribution is 2.32. The normalized spacial score (nSPS) is 15.6. The van der Waals surface area contributed by atoms with Crippen LogP contribution in [-0.2, 0) is 14.3 Å². The van der Waals surface area contributed by atoms with E-state index in [0.29, 0.717) is 22.1 Å². The van der Waals surface area contributed by atoms with E-state index in [0.717, 1.165) is 11.3 Å². The number of nitrogens with one attached hydrogen (secondary N) is 2. The smallest absolute Gasteiger partial charge is 0.338 e. The molecular weight excluding hydrogens is 414 g/mol. The summed E-state index contributed by atoms with van der Waals surface area (Å²) in [5, 5.41) is 6.55. The number of amides is 1. The Morgan fingerprint density at radius 1 is 1.13 bits per heavy atom. The minimum atomic E-state index is -0.492. The average Bonchev–Trinajstić information content (AvgIpc) is 2.78. The van der Waals surface area contributed by atoms with Gasteiger partial charge in [-0.3, -0.25) is 4.79 Å². The van der Waals surface area contributed by atoms with Crippen LogP contribution < -0.4 is 15.4 Å². The Morgan fingerprint density at radius 3 is 2.48 bits per heavy atom. The molecule has 0 aromatic heterocycles. The van der Waals surface area contributed by atoms with Crippen molar-refractivity contribution in [1.82, 2.24) is 5.32 Å². The second kappa shape index (κ2) is 10.7. The van der Waals surface area contributed by atoms with Gasteiger partial charge in [-0.1, -0.05) is 42.1 Å². The number of carbonyl (C=O) groups excluding carboxylic acids is 2. The lowest BCUT2D eigenvalue weighted by Gasteiger charge is -2.25. The Balaban J connectivity index is 1.71. The molecule has 0 bridgehead atoms. The Kier molecular flexibility index (Phi) is 7.72. The van der Waals surface area contributed by atoms with Gasteiger partial charge in [-0.15, -0.1) is 0 Å². The van der Waals surface area contributed by atoms with Gasteiger partial charge in [0.05, 0.1) is 25.0 Å². The monoisotopic (exact) mass is 439 g/mol. The maximum absolute atomic E-state index is 12.5. The third-order valence-electron chi connectivity index (χ3n) is 4.54. The molecular formula is C23H25N3O4S. The van der Waals surface area contributed by atoms with Crippen molar-refractivity contribution in [3.05, 3.63) is 71.4 Å². The van der Waals surface area contributed by atoms with E-state index in [-0.39, 0.29) is 18.3 Å². The zero-order valence-electron chi connectivity index (χ0n) is 17.7. The zero-order valence-corrected chi connectivity index (χ0v) is 18.5. The molecule has 1 unspecified atom stereocenters. The van der Waals surface area contributed by atoms with Gasteiger partial charge in [0.15, 0.2) is 5.17 Å². The fourth-order valence-corrected chi connectivity index (χ4v) is 3.82. The van der Waals surface area contributed by atoms with Crippen LogP contribution in [-0.4, -0.2) is 36.5 Å². The molecule has 31 heavy (non-hydrogen) atoms. The fourth-order valence-electron chi connectivity index (χ4n) is 3.08. The van der Waals surface area contributed by atoms with Crippen molar-refractivity contribution in [3.8, 4) is 5.75 Å². The first-order valence-electron chi connectivity index (χ1n) is 9.86. The molecule has 0 saturated carbocycles. The highest BCUT2D eigenvalue weighted by atomic mass is 32.2. The number of anilines is 1. The summed E-state index contributed by atoms with van der Waals surface area (Å²) in [6, 6.07) is 16.2. The number of ether oxygens (including phenoxy) is 2. The molecule has 1 amide bonds. The van der Waals surface area contributed by atoms with E-state index in [9.17, 15) is 9.59 Å². The average molecular weight is 440 g/mol. The number of amidine groups is 1. The summed E-state index contributed by atoms with van der Waals surface area (Å²) in [4.78, 5) is 29.6. The molecule has 1 heterocycles. The first kappa shape index (κ1) is 22.4. The van der Waals surface area contributed by atoms with Crippen LogP contribution in [0.2, 0.25) is 0 Å². The number of methoxy groups -OCH3 is 1. The van der Waals surface area contributed by atoms with E-state index in [1.165, 1.54) is 11.8 Å². The molecule has 1 atom stereocenters. The molecule has 0 fully saturated rings. The fraction of sp³-hybridized carbons (Fsp3) is 0.261. The predicted octanol–water partition coefficient (Wildman–Crippen LogP) is 3.90. The third-order valence-corrected chi connectivity index (χ3v) is 5.43. The van der Waals surface area contributed by atoms with Crippen molar-refractivity contribution in [2.24, 2.45) is 4.99 Å². The molecule has 2 N–H and O–H groups in total. The van der Waals surface area contributed by atoms with E-state index in [1.807, 2.05) is 37.3 Å². The van der Waals surface area contributed by atoms with Gasteiger partial charge in [-0.25, -0.2) is 9.79 Å². The molecule has 2 aromatic carbocycles. The van der Waals surface area contributed by atoms with Crippen molar-refractivity contribution in [2.45, 2.75) is 19.9 Å². The van der Waals surface area contributed by atoms with Crippen molar-refractivity contribution >= 4 is 34.5 Å². The Hall–Kier alpha value is -3.26. The lowest BCUT2D eigenvalue weighted by Crippen LogP contribution is -2.31. The summed E-state index contributed by atoms with van der Waals surface area (Å²) in [6.07, 6.45) is 0. The number of carbonyl (C=O) groups is 2. The Bertz CT molecular complexity index is 988. The summed E-state index contributed by atoms with van der Waals surface area (Å²) >= 11 is 1.28. The molecule has 1 aliphatic heterocycles. The minimum Gasteiger partial charge on any atom is -0.497 e. The van der Waals surface area contributed by atoms with Crippen LogP contribution in [0.1, 0.15) is 25.5 Å². The van der Waals surface area contributed by atoms with Gasteiger partial charge in [0.25, 0.3) is 0 Å². The number of hydrogen-bond donors (Lipinski definition) is 2. The predicted molar refractivity (Wildman–Crippen MR) is 123 cm³/mol. The minimum absolute atomic E-state index is 0.159. The first-order chi connectivity index (χ1) is 15.0. The van der Waals surface area contributed by atoms with Crippen molar-refractivity contribution in [3.63, 3.8) is 0 Å². The van der Waals surface area contributed by atoms with Crippen LogP contribution in [0.5, 0.6) is 5.75 Å². The number of benzene rings is 2. The van der Waals surface area contributed by atoms with E-state index >= 15 is 0 Å². The summed E-state index contributed by atoms with van der Waals surface area (Å²) in [5.41, 5.74) is 2.71. The van der Waals surface area contributed by atoms with Gasteiger partial charge in [-0.2, -0.15) is 0 Å². The number of rotatable bonds is 7. The van der Waals surface area contributed by atoms with E-state index in [2.05, 4.69) is 10.6 Å². The number of esters is 1. The van der Waals surface area contributed by atoms with Gasteiger partial charge >= 0.3 is 5.97 Å². The van der Waals surface area contributed by atoms with Crippen LogP contribution in [0.4, 0.5) is 5.69 Å². The summed E-state index contributed by atoms with van der Waals surface area (Å²) < 4.78 is 10.4. The van der Waals surface area contributed by atoms with E-state index < -0.39 is 12.0 Å². The van der Waals surface area contributed by atoms with Crippen LogP contribution in [0.3, 0.4) is 0 Å². The highest BCUT2D eigenvalue weighted by Gasteiger charge is 2.30. The second-order valence-corrected chi connectivity index (χ2v) is 7.66. The maximum atomic E-state index is 12.5. The van der Waals surface area contributed by atoms with Crippen LogP contribution >= 0.6 is 11.8 Å². The van der Waals surface area contributed by atoms with Crippen molar-refractivity contribution in [2.75, 3.05) is 24.8 Å². The molecule has 0 spiro atoms. The van der Waals surface area contributed by atoms with Crippen LogP contribution in [0.25, 0.3) is 0 Å². The molecule has 1 aliphatic rings. The number of allylic oxidation sites excluding steroid dienone is 1. The molecule has 0 saturated heterocycles. The number of nitrogens with zero attached hydrogens (tertiary/aromatic N) is 1. The Morgan fingerprint density at radius 2 is 1.84 bits per heavy atom. The van der Waals surface area contributed by atoms with Crippen LogP contribution in [0, 0.1) is 0 Å². The molecule has 0 radical (unpaired) electrons. The van der Waals surface area contributed by atoms with E-state index in [4.69, 9.17) is 14.5 Å². The van der Waals surface area contributed by atoms with Crippen molar-refractivity contribution in [1.29, 1.82) is 0 Å². The number of hydrogen-bond acceptors (Lipinski definition) is 7.